The predicted octanol–water partition coefficient (Wildman–Crippen LogP) is 5.11. The van der Waals surface area contributed by atoms with Crippen molar-refractivity contribution in [3.63, 3.8) is 0 Å². The molecule has 0 radical (unpaired) electrons. The second kappa shape index (κ2) is 11.3. The normalized spacial score (nSPS) is 12.4. The van der Waals surface area contributed by atoms with Crippen molar-refractivity contribution in [2.45, 2.75) is 39.7 Å². The number of esters is 1. The smallest absolute Gasteiger partial charge is 0.347 e. The van der Waals surface area contributed by atoms with Crippen molar-refractivity contribution in [3.05, 3.63) is 60.1 Å². The molecule has 1 aromatic heterocycles. The summed E-state index contributed by atoms with van der Waals surface area (Å²) < 4.78 is 19.1. The van der Waals surface area contributed by atoms with Crippen LogP contribution in [0, 0.1) is 3.57 Å². The van der Waals surface area contributed by atoms with Gasteiger partial charge in [0.1, 0.15) is 5.82 Å². The number of carbonyl (C=O) groups is 1. The zero-order valence-electron chi connectivity index (χ0n) is 19.5. The number of nitrogens with zero attached hydrogens (tertiary/aromatic N) is 3. The molecule has 0 spiro atoms. The van der Waals surface area contributed by atoms with E-state index in [0.29, 0.717) is 37.4 Å². The molecular weight excluding hydrogens is 617 g/mol. The van der Waals surface area contributed by atoms with E-state index in [1.807, 2.05) is 32.0 Å². The van der Waals surface area contributed by atoms with E-state index in [9.17, 15) is 9.59 Å². The minimum atomic E-state index is -0.794. The summed E-state index contributed by atoms with van der Waals surface area (Å²) in [5, 5.41) is 4.94. The van der Waals surface area contributed by atoms with Crippen molar-refractivity contribution in [3.8, 4) is 11.5 Å². The van der Waals surface area contributed by atoms with Gasteiger partial charge in [0, 0.05) is 10.4 Å². The number of methoxy groups -OCH3 is 1. The molecule has 0 N–H and O–H groups in total. The molecule has 3 rings (SSSR count). The van der Waals surface area contributed by atoms with Gasteiger partial charge in [-0.05, 0) is 72.3 Å². The fourth-order valence-electron chi connectivity index (χ4n) is 3.19. The van der Waals surface area contributed by atoms with Gasteiger partial charge in [-0.1, -0.05) is 29.8 Å². The van der Waals surface area contributed by atoms with Crippen LogP contribution in [0.1, 0.15) is 45.0 Å². The standard InChI is InChI=1S/C24H25BrIN3O5/c1-6-33-24(31)14(4)34-21-18(26)9-15(10-20(21)32-5)12-27-29-22(13(2)3)28-19-8-7-16(25)11-17(19)23(29)30/h7-14H,6H2,1-5H3/t14-/m1/s1. The molecule has 1 heterocycles. The largest absolute Gasteiger partial charge is 0.493 e. The van der Waals surface area contributed by atoms with E-state index in [4.69, 9.17) is 14.2 Å². The number of benzene rings is 2. The minimum Gasteiger partial charge on any atom is -0.493 e. The van der Waals surface area contributed by atoms with Crippen LogP contribution in [-0.4, -0.2) is 41.7 Å². The van der Waals surface area contributed by atoms with Gasteiger partial charge >= 0.3 is 5.97 Å². The lowest BCUT2D eigenvalue weighted by Gasteiger charge is -2.17. The number of ether oxygens (including phenoxy) is 3. The van der Waals surface area contributed by atoms with Crippen molar-refractivity contribution in [2.24, 2.45) is 5.10 Å². The molecule has 3 aromatic rings. The Morgan fingerprint density at radius 3 is 2.65 bits per heavy atom. The summed E-state index contributed by atoms with van der Waals surface area (Å²) in [6.07, 6.45) is 0.777. The molecule has 0 saturated carbocycles. The average molecular weight is 642 g/mol. The Morgan fingerprint density at radius 2 is 2.00 bits per heavy atom. The third-order valence-corrected chi connectivity index (χ3v) is 6.13. The fraction of sp³-hybridized carbons (Fsp3) is 0.333. The van der Waals surface area contributed by atoms with Crippen molar-refractivity contribution in [2.75, 3.05) is 13.7 Å². The van der Waals surface area contributed by atoms with E-state index in [0.717, 1.165) is 4.47 Å². The Morgan fingerprint density at radius 1 is 1.26 bits per heavy atom. The van der Waals surface area contributed by atoms with Gasteiger partial charge in [0.05, 0.1) is 34.4 Å². The molecule has 0 aliphatic rings. The van der Waals surface area contributed by atoms with Crippen LogP contribution in [0.5, 0.6) is 11.5 Å². The Hall–Kier alpha value is -2.47. The number of halogens is 2. The molecule has 0 bridgehead atoms. The first-order valence-corrected chi connectivity index (χ1v) is 12.5. The fourth-order valence-corrected chi connectivity index (χ4v) is 4.30. The summed E-state index contributed by atoms with van der Waals surface area (Å²) >= 11 is 5.51. The summed E-state index contributed by atoms with van der Waals surface area (Å²) in [5.74, 6) is 0.940. The summed E-state index contributed by atoms with van der Waals surface area (Å²) in [6, 6.07) is 8.95. The van der Waals surface area contributed by atoms with Gasteiger partial charge < -0.3 is 14.2 Å². The molecule has 0 aliphatic carbocycles. The first-order valence-electron chi connectivity index (χ1n) is 10.6. The van der Waals surface area contributed by atoms with E-state index in [1.54, 1.807) is 32.2 Å². The molecule has 8 nitrogen and oxygen atoms in total. The van der Waals surface area contributed by atoms with Gasteiger partial charge in [0.2, 0.25) is 0 Å². The second-order valence-corrected chi connectivity index (χ2v) is 9.77. The second-order valence-electron chi connectivity index (χ2n) is 7.69. The van der Waals surface area contributed by atoms with Gasteiger partial charge in [0.15, 0.2) is 17.6 Å². The number of hydrogen-bond donors (Lipinski definition) is 0. The lowest BCUT2D eigenvalue weighted by molar-refractivity contribution is -0.150. The molecule has 1 atom stereocenters. The number of rotatable bonds is 8. The summed E-state index contributed by atoms with van der Waals surface area (Å²) in [7, 11) is 1.51. The Bertz CT molecular complexity index is 1310. The average Bonchev–Trinajstić information content (AvgIpc) is 2.79. The zero-order valence-corrected chi connectivity index (χ0v) is 23.2. The van der Waals surface area contributed by atoms with Crippen LogP contribution in [0.4, 0.5) is 0 Å². The van der Waals surface area contributed by atoms with Crippen LogP contribution in [0.3, 0.4) is 0 Å². The number of fused-ring (bicyclic) bond motifs is 1. The van der Waals surface area contributed by atoms with E-state index < -0.39 is 12.1 Å². The highest BCUT2D eigenvalue weighted by Crippen LogP contribution is 2.34. The summed E-state index contributed by atoms with van der Waals surface area (Å²) in [5.41, 5.74) is 1.06. The first-order chi connectivity index (χ1) is 16.2. The van der Waals surface area contributed by atoms with Crippen LogP contribution in [0.25, 0.3) is 10.9 Å². The van der Waals surface area contributed by atoms with Crippen molar-refractivity contribution >= 4 is 61.6 Å². The third-order valence-electron chi connectivity index (χ3n) is 4.84. The maximum atomic E-state index is 13.2. The van der Waals surface area contributed by atoms with Crippen LogP contribution in [0.2, 0.25) is 0 Å². The van der Waals surface area contributed by atoms with Gasteiger partial charge in [-0.25, -0.2) is 9.78 Å². The lowest BCUT2D eigenvalue weighted by atomic mass is 10.2. The number of aromatic nitrogens is 2. The Labute approximate surface area is 219 Å². The van der Waals surface area contributed by atoms with Crippen molar-refractivity contribution < 1.29 is 19.0 Å². The summed E-state index contributed by atoms with van der Waals surface area (Å²) in [4.78, 5) is 29.8. The molecule has 10 heteroatoms. The molecule has 34 heavy (non-hydrogen) atoms. The topological polar surface area (TPSA) is 92.0 Å². The van der Waals surface area contributed by atoms with Gasteiger partial charge in [-0.15, -0.1) is 0 Å². The van der Waals surface area contributed by atoms with Crippen molar-refractivity contribution in [1.29, 1.82) is 0 Å². The molecular formula is C24H25BrIN3O5. The molecule has 0 amide bonds. The predicted molar refractivity (Wildman–Crippen MR) is 143 cm³/mol. The number of carbonyl (C=O) groups excluding carboxylic acids is 1. The number of hydrogen-bond acceptors (Lipinski definition) is 7. The van der Waals surface area contributed by atoms with Gasteiger partial charge in [0.25, 0.3) is 5.56 Å². The lowest BCUT2D eigenvalue weighted by Crippen LogP contribution is -2.26. The third kappa shape index (κ3) is 5.77. The van der Waals surface area contributed by atoms with Gasteiger partial charge in [-0.2, -0.15) is 9.78 Å². The minimum absolute atomic E-state index is 0.0206. The van der Waals surface area contributed by atoms with Crippen LogP contribution in [-0.2, 0) is 9.53 Å². The molecule has 0 fully saturated rings. The van der Waals surface area contributed by atoms with Gasteiger partial charge in [-0.3, -0.25) is 4.79 Å². The molecule has 2 aromatic carbocycles. The molecule has 0 unspecified atom stereocenters. The van der Waals surface area contributed by atoms with E-state index in [2.05, 4.69) is 48.6 Å². The molecule has 0 saturated heterocycles. The highest BCUT2D eigenvalue weighted by molar-refractivity contribution is 14.1. The SMILES string of the molecule is CCOC(=O)[C@@H](C)Oc1c(I)cc(C=Nn2c(C(C)C)nc3ccc(Br)cc3c2=O)cc1OC. The van der Waals surface area contributed by atoms with E-state index >= 15 is 0 Å². The molecule has 0 aliphatic heterocycles. The Balaban J connectivity index is 2.02. The highest BCUT2D eigenvalue weighted by atomic mass is 127. The maximum absolute atomic E-state index is 13.2. The summed E-state index contributed by atoms with van der Waals surface area (Å²) in [6.45, 7) is 7.55. The Kier molecular flexibility index (Phi) is 8.69. The van der Waals surface area contributed by atoms with Crippen LogP contribution >= 0.6 is 38.5 Å². The quantitative estimate of drug-likeness (QED) is 0.193. The maximum Gasteiger partial charge on any atom is 0.347 e. The van der Waals surface area contributed by atoms with E-state index in [-0.39, 0.29) is 18.1 Å². The highest BCUT2D eigenvalue weighted by Gasteiger charge is 2.20. The zero-order chi connectivity index (χ0) is 25.0. The monoisotopic (exact) mass is 641 g/mol. The van der Waals surface area contributed by atoms with Crippen LogP contribution < -0.4 is 15.0 Å². The van der Waals surface area contributed by atoms with Crippen molar-refractivity contribution in [1.82, 2.24) is 9.66 Å². The first kappa shape index (κ1) is 26.1. The van der Waals surface area contributed by atoms with E-state index in [1.165, 1.54) is 11.8 Å². The van der Waals surface area contributed by atoms with Crippen LogP contribution in [0.15, 0.2) is 44.7 Å². The molecule has 180 valence electrons.